The SMILES string of the molecule is CCOc1ccc([C@H]2CC(=O)N3C(=C2C#N)SC[C@]3(O)c2ccc(Cl)cc2)cc1OC. The number of hydrogen-bond acceptors (Lipinski definition) is 6. The maximum absolute atomic E-state index is 13.2. The molecule has 6 nitrogen and oxygen atoms in total. The molecular formula is C23H21ClN2O4S. The Morgan fingerprint density at radius 2 is 2.03 bits per heavy atom. The lowest BCUT2D eigenvalue weighted by Gasteiger charge is -2.38. The third-order valence-corrected chi connectivity index (χ3v) is 6.98. The van der Waals surface area contributed by atoms with Crippen LogP contribution in [0, 0.1) is 11.3 Å². The first-order chi connectivity index (χ1) is 14.9. The van der Waals surface area contributed by atoms with Crippen LogP contribution in [0.2, 0.25) is 5.02 Å². The number of allylic oxidation sites excluding steroid dienone is 1. The van der Waals surface area contributed by atoms with Gasteiger partial charge in [0.25, 0.3) is 0 Å². The van der Waals surface area contributed by atoms with E-state index in [4.69, 9.17) is 21.1 Å². The average Bonchev–Trinajstić information content (AvgIpc) is 3.13. The highest BCUT2D eigenvalue weighted by Crippen LogP contribution is 2.52. The van der Waals surface area contributed by atoms with E-state index in [0.717, 1.165) is 5.56 Å². The lowest BCUT2D eigenvalue weighted by Crippen LogP contribution is -2.48. The van der Waals surface area contributed by atoms with Gasteiger partial charge in [-0.2, -0.15) is 5.26 Å². The van der Waals surface area contributed by atoms with E-state index in [1.54, 1.807) is 37.4 Å². The van der Waals surface area contributed by atoms with Crippen molar-refractivity contribution in [2.75, 3.05) is 19.5 Å². The highest BCUT2D eigenvalue weighted by Gasteiger charge is 2.51. The van der Waals surface area contributed by atoms with Gasteiger partial charge < -0.3 is 14.6 Å². The number of thioether (sulfide) groups is 1. The van der Waals surface area contributed by atoms with Gasteiger partial charge in [-0.15, -0.1) is 11.8 Å². The molecule has 2 heterocycles. The van der Waals surface area contributed by atoms with Crippen molar-refractivity contribution in [1.82, 2.24) is 4.90 Å². The fourth-order valence-electron chi connectivity index (χ4n) is 4.02. The molecule has 2 aliphatic heterocycles. The second-order valence-electron chi connectivity index (χ2n) is 7.27. The molecule has 2 aromatic carbocycles. The Morgan fingerprint density at radius 3 is 2.68 bits per heavy atom. The monoisotopic (exact) mass is 456 g/mol. The van der Waals surface area contributed by atoms with Crippen molar-refractivity contribution in [3.05, 3.63) is 69.2 Å². The van der Waals surface area contributed by atoms with Crippen molar-refractivity contribution in [3.63, 3.8) is 0 Å². The molecule has 8 heteroatoms. The largest absolute Gasteiger partial charge is 0.493 e. The molecule has 1 amide bonds. The Bertz CT molecular complexity index is 1100. The minimum absolute atomic E-state index is 0.0694. The van der Waals surface area contributed by atoms with Gasteiger partial charge in [0, 0.05) is 22.9 Å². The number of carbonyl (C=O) groups excluding carboxylic acids is 1. The topological polar surface area (TPSA) is 82.8 Å². The van der Waals surface area contributed by atoms with Crippen LogP contribution in [0.25, 0.3) is 0 Å². The summed E-state index contributed by atoms with van der Waals surface area (Å²) in [6.07, 6.45) is 0.0694. The normalized spacial score (nSPS) is 22.9. The summed E-state index contributed by atoms with van der Waals surface area (Å²) >= 11 is 7.29. The third kappa shape index (κ3) is 3.65. The smallest absolute Gasteiger partial charge is 0.231 e. The van der Waals surface area contributed by atoms with E-state index in [1.807, 2.05) is 19.1 Å². The van der Waals surface area contributed by atoms with Crippen LogP contribution < -0.4 is 9.47 Å². The first-order valence-electron chi connectivity index (χ1n) is 9.82. The van der Waals surface area contributed by atoms with Gasteiger partial charge in [0.1, 0.15) is 0 Å². The van der Waals surface area contributed by atoms with E-state index in [1.165, 1.54) is 16.7 Å². The molecule has 160 valence electrons. The molecule has 1 saturated heterocycles. The van der Waals surface area contributed by atoms with Gasteiger partial charge in [0.15, 0.2) is 17.2 Å². The summed E-state index contributed by atoms with van der Waals surface area (Å²) in [4.78, 5) is 14.6. The number of benzene rings is 2. The van der Waals surface area contributed by atoms with Crippen LogP contribution in [-0.4, -0.2) is 35.4 Å². The molecule has 0 radical (unpaired) electrons. The summed E-state index contributed by atoms with van der Waals surface area (Å²) in [5, 5.41) is 22.4. The second kappa shape index (κ2) is 8.46. The third-order valence-electron chi connectivity index (χ3n) is 5.51. The second-order valence-corrected chi connectivity index (χ2v) is 8.67. The van der Waals surface area contributed by atoms with Crippen LogP contribution in [0.4, 0.5) is 0 Å². The quantitative estimate of drug-likeness (QED) is 0.718. The molecule has 0 spiro atoms. The van der Waals surface area contributed by atoms with Gasteiger partial charge in [-0.3, -0.25) is 9.69 Å². The maximum Gasteiger partial charge on any atom is 0.231 e. The number of halogens is 1. The number of ether oxygens (including phenoxy) is 2. The molecule has 1 fully saturated rings. The van der Waals surface area contributed by atoms with Gasteiger partial charge >= 0.3 is 0 Å². The maximum atomic E-state index is 13.2. The summed E-state index contributed by atoms with van der Waals surface area (Å²) in [5.41, 5.74) is 0.289. The molecule has 0 bridgehead atoms. The van der Waals surface area contributed by atoms with Crippen LogP contribution >= 0.6 is 23.4 Å². The summed E-state index contributed by atoms with van der Waals surface area (Å²) in [6, 6.07) is 14.5. The van der Waals surface area contributed by atoms with Crippen molar-refractivity contribution < 1.29 is 19.4 Å². The standard InChI is InChI=1S/C23H21ClN2O4S/c1-3-30-19-9-4-14(10-20(19)29-2)17-11-21(27)26-22(18(17)12-25)31-13-23(26,28)15-5-7-16(24)8-6-15/h4-10,17,28H,3,11,13H2,1-2H3/t17-,23+/m1/s1. The molecule has 2 atom stereocenters. The predicted octanol–water partition coefficient (Wildman–Crippen LogP) is 4.39. The molecule has 4 rings (SSSR count). The zero-order valence-electron chi connectivity index (χ0n) is 17.1. The molecule has 0 aliphatic carbocycles. The Hall–Kier alpha value is -2.66. The predicted molar refractivity (Wildman–Crippen MR) is 119 cm³/mol. The van der Waals surface area contributed by atoms with Crippen molar-refractivity contribution in [2.45, 2.75) is 25.0 Å². The highest BCUT2D eigenvalue weighted by atomic mass is 35.5. The number of nitrogens with zero attached hydrogens (tertiary/aromatic N) is 2. The molecule has 2 aromatic rings. The first kappa shape index (κ1) is 21.6. The Kier molecular flexibility index (Phi) is 5.89. The van der Waals surface area contributed by atoms with E-state index in [9.17, 15) is 15.2 Å². The van der Waals surface area contributed by atoms with Gasteiger partial charge in [0.05, 0.1) is 36.1 Å². The van der Waals surface area contributed by atoms with Crippen LogP contribution in [0.5, 0.6) is 11.5 Å². The van der Waals surface area contributed by atoms with Crippen molar-refractivity contribution in [2.24, 2.45) is 0 Å². The van der Waals surface area contributed by atoms with Crippen LogP contribution in [0.3, 0.4) is 0 Å². The number of aliphatic hydroxyl groups is 1. The molecule has 31 heavy (non-hydrogen) atoms. The summed E-state index contributed by atoms with van der Waals surface area (Å²) < 4.78 is 11.0. The summed E-state index contributed by atoms with van der Waals surface area (Å²) in [7, 11) is 1.55. The zero-order valence-corrected chi connectivity index (χ0v) is 18.7. The Morgan fingerprint density at radius 1 is 1.29 bits per heavy atom. The number of fused-ring (bicyclic) bond motifs is 1. The fraction of sp³-hybridized carbons (Fsp3) is 0.304. The Balaban J connectivity index is 1.76. The van der Waals surface area contributed by atoms with Crippen molar-refractivity contribution in [3.8, 4) is 17.6 Å². The number of nitriles is 1. The van der Waals surface area contributed by atoms with Gasteiger partial charge in [0.2, 0.25) is 5.91 Å². The van der Waals surface area contributed by atoms with Gasteiger partial charge in [-0.1, -0.05) is 29.8 Å². The van der Waals surface area contributed by atoms with E-state index in [0.29, 0.717) is 39.3 Å². The molecule has 0 unspecified atom stereocenters. The van der Waals surface area contributed by atoms with Crippen molar-refractivity contribution >= 4 is 29.3 Å². The number of amides is 1. The van der Waals surface area contributed by atoms with Gasteiger partial charge in [-0.05, 0) is 36.8 Å². The van der Waals surface area contributed by atoms with E-state index in [-0.39, 0.29) is 18.1 Å². The van der Waals surface area contributed by atoms with Crippen molar-refractivity contribution in [1.29, 1.82) is 5.26 Å². The minimum atomic E-state index is -1.52. The summed E-state index contributed by atoms with van der Waals surface area (Å²) in [6.45, 7) is 2.39. The molecule has 2 aliphatic rings. The fourth-order valence-corrected chi connectivity index (χ4v) is 5.50. The number of hydrogen-bond donors (Lipinski definition) is 1. The first-order valence-corrected chi connectivity index (χ1v) is 11.2. The molecular weight excluding hydrogens is 436 g/mol. The lowest BCUT2D eigenvalue weighted by molar-refractivity contribution is -0.149. The lowest BCUT2D eigenvalue weighted by atomic mass is 9.85. The average molecular weight is 457 g/mol. The Labute approximate surface area is 190 Å². The highest BCUT2D eigenvalue weighted by molar-refractivity contribution is 8.03. The van der Waals surface area contributed by atoms with E-state index >= 15 is 0 Å². The van der Waals surface area contributed by atoms with Crippen LogP contribution in [0.15, 0.2) is 53.1 Å². The number of carbonyl (C=O) groups is 1. The molecule has 0 aromatic heterocycles. The van der Waals surface area contributed by atoms with E-state index in [2.05, 4.69) is 6.07 Å². The van der Waals surface area contributed by atoms with Crippen LogP contribution in [0.1, 0.15) is 30.4 Å². The number of methoxy groups -OCH3 is 1. The van der Waals surface area contributed by atoms with Crippen LogP contribution in [-0.2, 0) is 10.5 Å². The van der Waals surface area contributed by atoms with E-state index < -0.39 is 11.6 Å². The minimum Gasteiger partial charge on any atom is -0.493 e. The summed E-state index contributed by atoms with van der Waals surface area (Å²) in [5.74, 6) is 0.729. The molecule has 0 saturated carbocycles. The zero-order chi connectivity index (χ0) is 22.2. The number of rotatable bonds is 5. The van der Waals surface area contributed by atoms with Gasteiger partial charge in [-0.25, -0.2) is 0 Å². The molecule has 1 N–H and O–H groups in total.